The molecular formula is C31H38N6O3. The van der Waals surface area contributed by atoms with Crippen molar-refractivity contribution in [2.24, 2.45) is 11.3 Å². The number of nitrogens with one attached hydrogen (secondary N) is 3. The SMILES string of the molecule is CC(C)n1nccc1C(=O)N[C@H](C(=O)Nc1ccc2c(c1)CC[C@H]2N1CC2(CC2)CNC1=O)C(=C1CC1)C1CC1. The van der Waals surface area contributed by atoms with Crippen LogP contribution in [0.5, 0.6) is 0 Å². The van der Waals surface area contributed by atoms with E-state index < -0.39 is 6.04 Å². The lowest BCUT2D eigenvalue weighted by molar-refractivity contribution is -0.117. The normalized spacial score (nSPS) is 23.1. The Labute approximate surface area is 234 Å². The molecular weight excluding hydrogens is 504 g/mol. The Hall–Kier alpha value is -3.62. The molecule has 9 nitrogen and oxygen atoms in total. The van der Waals surface area contributed by atoms with Crippen LogP contribution in [0.1, 0.15) is 92.5 Å². The fourth-order valence-electron chi connectivity index (χ4n) is 6.70. The van der Waals surface area contributed by atoms with E-state index in [1.54, 1.807) is 16.9 Å². The zero-order chi connectivity index (χ0) is 27.6. The third-order valence-corrected chi connectivity index (χ3v) is 9.34. The number of urea groups is 1. The molecule has 210 valence electrons. The molecule has 1 saturated heterocycles. The van der Waals surface area contributed by atoms with Crippen molar-refractivity contribution in [3.63, 3.8) is 0 Å². The summed E-state index contributed by atoms with van der Waals surface area (Å²) in [6, 6.07) is 7.21. The maximum atomic E-state index is 13.8. The van der Waals surface area contributed by atoms with Crippen LogP contribution in [0.2, 0.25) is 0 Å². The molecule has 9 heteroatoms. The van der Waals surface area contributed by atoms with E-state index in [1.807, 2.05) is 24.8 Å². The van der Waals surface area contributed by atoms with Gasteiger partial charge in [0.2, 0.25) is 0 Å². The van der Waals surface area contributed by atoms with E-state index in [0.29, 0.717) is 11.6 Å². The number of hydrogen-bond donors (Lipinski definition) is 3. The number of benzene rings is 1. The first kappa shape index (κ1) is 25.4. The Morgan fingerprint density at radius 2 is 1.90 bits per heavy atom. The van der Waals surface area contributed by atoms with Crippen LogP contribution in [0.3, 0.4) is 0 Å². The number of rotatable bonds is 8. The molecule has 1 aromatic heterocycles. The second-order valence-electron chi connectivity index (χ2n) is 12.7. The van der Waals surface area contributed by atoms with Gasteiger partial charge in [-0.05, 0) is 106 Å². The maximum Gasteiger partial charge on any atom is 0.317 e. The molecule has 3 N–H and O–H groups in total. The Kier molecular flexibility index (Phi) is 6.02. The Morgan fingerprint density at radius 1 is 1.10 bits per heavy atom. The van der Waals surface area contributed by atoms with Gasteiger partial charge in [0.1, 0.15) is 11.7 Å². The number of nitrogens with zero attached hydrogens (tertiary/aromatic N) is 3. The Balaban J connectivity index is 1.11. The summed E-state index contributed by atoms with van der Waals surface area (Å²) in [5.74, 6) is -0.114. The second kappa shape index (κ2) is 9.49. The van der Waals surface area contributed by atoms with Gasteiger partial charge in [-0.2, -0.15) is 5.10 Å². The zero-order valence-electron chi connectivity index (χ0n) is 23.3. The van der Waals surface area contributed by atoms with Gasteiger partial charge >= 0.3 is 6.03 Å². The molecule has 40 heavy (non-hydrogen) atoms. The monoisotopic (exact) mass is 542 g/mol. The van der Waals surface area contributed by atoms with Crippen LogP contribution < -0.4 is 16.0 Å². The minimum Gasteiger partial charge on any atom is -0.337 e. The summed E-state index contributed by atoms with van der Waals surface area (Å²) in [4.78, 5) is 42.0. The molecule has 1 aromatic carbocycles. The summed E-state index contributed by atoms with van der Waals surface area (Å²) in [5, 5.41) is 13.6. The van der Waals surface area contributed by atoms with Crippen LogP contribution in [0.4, 0.5) is 10.5 Å². The summed E-state index contributed by atoms with van der Waals surface area (Å²) in [7, 11) is 0. The number of anilines is 1. The molecule has 2 heterocycles. The highest BCUT2D eigenvalue weighted by Gasteiger charge is 2.50. The molecule has 4 aliphatic carbocycles. The number of hydrogen-bond acceptors (Lipinski definition) is 4. The molecule has 5 aliphatic rings. The molecule has 1 aliphatic heterocycles. The molecule has 3 saturated carbocycles. The first-order valence-electron chi connectivity index (χ1n) is 14.9. The van der Waals surface area contributed by atoms with Crippen molar-refractivity contribution in [3.8, 4) is 0 Å². The van der Waals surface area contributed by atoms with Crippen LogP contribution >= 0.6 is 0 Å². The van der Waals surface area contributed by atoms with Crippen LogP contribution in [-0.2, 0) is 11.2 Å². The summed E-state index contributed by atoms with van der Waals surface area (Å²) in [6.07, 6.45) is 9.90. The van der Waals surface area contributed by atoms with Crippen LogP contribution in [0.25, 0.3) is 0 Å². The number of carbonyl (C=O) groups is 3. The average Bonchev–Trinajstić information content (AvgIpc) is 3.89. The van der Waals surface area contributed by atoms with Crippen molar-refractivity contribution in [1.29, 1.82) is 0 Å². The van der Waals surface area contributed by atoms with Gasteiger partial charge in [-0.25, -0.2) is 4.79 Å². The van der Waals surface area contributed by atoms with Crippen molar-refractivity contribution in [3.05, 3.63) is 58.4 Å². The number of amides is 4. The highest BCUT2D eigenvalue weighted by Crippen LogP contribution is 2.50. The first-order valence-corrected chi connectivity index (χ1v) is 14.9. The van der Waals surface area contributed by atoms with Gasteiger partial charge in [0.05, 0.1) is 6.04 Å². The lowest BCUT2D eigenvalue weighted by atomic mass is 9.99. The van der Waals surface area contributed by atoms with E-state index in [-0.39, 0.29) is 35.3 Å². The minimum absolute atomic E-state index is 0.0332. The number of allylic oxidation sites excluding steroid dienone is 1. The predicted molar refractivity (Wildman–Crippen MR) is 151 cm³/mol. The smallest absolute Gasteiger partial charge is 0.317 e. The van der Waals surface area contributed by atoms with Gasteiger partial charge < -0.3 is 20.9 Å². The summed E-state index contributed by atoms with van der Waals surface area (Å²) < 4.78 is 1.69. The van der Waals surface area contributed by atoms with Crippen LogP contribution in [0.15, 0.2) is 41.6 Å². The molecule has 0 radical (unpaired) electrons. The molecule has 7 rings (SSSR count). The highest BCUT2D eigenvalue weighted by atomic mass is 16.2. The molecule has 4 amide bonds. The largest absolute Gasteiger partial charge is 0.337 e. The van der Waals surface area contributed by atoms with Gasteiger partial charge in [-0.3, -0.25) is 14.3 Å². The second-order valence-corrected chi connectivity index (χ2v) is 12.7. The first-order chi connectivity index (χ1) is 19.3. The van der Waals surface area contributed by atoms with Gasteiger partial charge in [0, 0.05) is 36.4 Å². The molecule has 4 fully saturated rings. The van der Waals surface area contributed by atoms with Crippen LogP contribution in [-0.4, -0.2) is 51.7 Å². The van der Waals surface area contributed by atoms with E-state index in [0.717, 1.165) is 62.9 Å². The summed E-state index contributed by atoms with van der Waals surface area (Å²) >= 11 is 0. The van der Waals surface area contributed by atoms with Crippen molar-refractivity contribution in [1.82, 2.24) is 25.3 Å². The van der Waals surface area contributed by atoms with Crippen LogP contribution in [0, 0.1) is 11.3 Å². The van der Waals surface area contributed by atoms with E-state index in [4.69, 9.17) is 0 Å². The molecule has 0 bridgehead atoms. The number of fused-ring (bicyclic) bond motifs is 1. The third kappa shape index (κ3) is 4.69. The van der Waals surface area contributed by atoms with E-state index in [1.165, 1.54) is 29.5 Å². The lowest BCUT2D eigenvalue weighted by Gasteiger charge is -2.38. The standard InChI is InChI=1S/C31H38N6O3/c1-18(2)37-25(11-14-33-37)28(38)35-27(26(19-3-4-19)20-5-6-20)29(39)34-22-8-9-23-21(15-22)7-10-24(23)36-17-31(12-13-31)16-32-30(36)40/h8-9,11,14-15,18-19,24,27H,3-7,10,12-13,16-17H2,1-2H3,(H,32,40)(H,34,39)(H,35,38)/t24-,27+/m1/s1. The predicted octanol–water partition coefficient (Wildman–Crippen LogP) is 4.49. The number of aryl methyl sites for hydroxylation is 1. The van der Waals surface area contributed by atoms with Gasteiger partial charge in [0.15, 0.2) is 0 Å². The summed E-state index contributed by atoms with van der Waals surface area (Å²) in [5.41, 5.74) is 6.23. The molecule has 1 spiro atoms. The van der Waals surface area contributed by atoms with E-state index >= 15 is 0 Å². The van der Waals surface area contributed by atoms with Crippen molar-refractivity contribution in [2.75, 3.05) is 18.4 Å². The van der Waals surface area contributed by atoms with E-state index in [9.17, 15) is 14.4 Å². The number of carbonyl (C=O) groups excluding carboxylic acids is 3. The topological polar surface area (TPSA) is 108 Å². The van der Waals surface area contributed by atoms with Crippen molar-refractivity contribution < 1.29 is 14.4 Å². The summed E-state index contributed by atoms with van der Waals surface area (Å²) in [6.45, 7) is 5.59. The van der Waals surface area contributed by atoms with Gasteiger partial charge in [0.25, 0.3) is 11.8 Å². The average molecular weight is 543 g/mol. The number of aromatic nitrogens is 2. The van der Waals surface area contributed by atoms with Crippen molar-refractivity contribution in [2.45, 2.75) is 83.3 Å². The Bertz CT molecular complexity index is 1410. The quantitative estimate of drug-likeness (QED) is 0.427. The third-order valence-electron chi connectivity index (χ3n) is 9.34. The molecule has 2 aromatic rings. The maximum absolute atomic E-state index is 13.8. The molecule has 0 unspecified atom stereocenters. The van der Waals surface area contributed by atoms with Gasteiger partial charge in [-0.15, -0.1) is 0 Å². The fraction of sp³-hybridized carbons (Fsp3) is 0.548. The zero-order valence-corrected chi connectivity index (χ0v) is 23.3. The fourth-order valence-corrected chi connectivity index (χ4v) is 6.70. The molecule has 2 atom stereocenters. The highest BCUT2D eigenvalue weighted by molar-refractivity contribution is 6.02. The van der Waals surface area contributed by atoms with Crippen molar-refractivity contribution >= 4 is 23.5 Å². The van der Waals surface area contributed by atoms with E-state index in [2.05, 4.69) is 33.2 Å². The lowest BCUT2D eigenvalue weighted by Crippen LogP contribution is -2.52. The Morgan fingerprint density at radius 3 is 2.60 bits per heavy atom. The van der Waals surface area contributed by atoms with Gasteiger partial charge in [-0.1, -0.05) is 11.6 Å². The minimum atomic E-state index is -0.708.